The number of hydrogen-bond acceptors (Lipinski definition) is 7. The van der Waals surface area contributed by atoms with Crippen LogP contribution in [-0.4, -0.2) is 27.2 Å². The van der Waals surface area contributed by atoms with Crippen molar-refractivity contribution >= 4 is 17.3 Å². The summed E-state index contributed by atoms with van der Waals surface area (Å²) in [4.78, 5) is 12.3. The van der Waals surface area contributed by atoms with Crippen molar-refractivity contribution in [2.24, 2.45) is 0 Å². The summed E-state index contributed by atoms with van der Waals surface area (Å²) in [5.41, 5.74) is 7.37. The first-order chi connectivity index (χ1) is 10.2. The van der Waals surface area contributed by atoms with Gasteiger partial charge in [0.2, 0.25) is 11.7 Å². The van der Waals surface area contributed by atoms with Gasteiger partial charge in [-0.2, -0.15) is 4.98 Å². The van der Waals surface area contributed by atoms with E-state index in [0.717, 1.165) is 0 Å². The molecule has 3 aromatic rings. The van der Waals surface area contributed by atoms with Crippen LogP contribution < -0.4 is 10.5 Å². The Bertz CT molecular complexity index is 790. The Kier molecular flexibility index (Phi) is 3.41. The molecule has 0 radical (unpaired) electrons. The number of halogens is 1. The number of aromatic nitrogens is 4. The van der Waals surface area contributed by atoms with Crippen LogP contribution in [-0.2, 0) is 0 Å². The summed E-state index contributed by atoms with van der Waals surface area (Å²) in [6, 6.07) is 6.70. The average Bonchev–Trinajstić information content (AvgIpc) is 3.00. The highest BCUT2D eigenvalue weighted by Crippen LogP contribution is 2.27. The van der Waals surface area contributed by atoms with Crippen LogP contribution in [0.15, 0.2) is 35.1 Å². The van der Waals surface area contributed by atoms with E-state index in [0.29, 0.717) is 39.6 Å². The van der Waals surface area contributed by atoms with E-state index < -0.39 is 0 Å². The highest BCUT2D eigenvalue weighted by atomic mass is 35.5. The maximum absolute atomic E-state index is 5.88. The van der Waals surface area contributed by atoms with Crippen LogP contribution in [0.3, 0.4) is 0 Å². The van der Waals surface area contributed by atoms with E-state index in [4.69, 9.17) is 26.6 Å². The van der Waals surface area contributed by atoms with E-state index in [9.17, 15) is 0 Å². The monoisotopic (exact) mass is 303 g/mol. The number of nitrogens with zero attached hydrogens (tertiary/aromatic N) is 4. The molecule has 0 saturated carbocycles. The SMILES string of the molecule is COc1cc(-c2noc(-c3ccc(Cl)c(N)c3)n2)ncn1. The van der Waals surface area contributed by atoms with Crippen LogP contribution in [0.5, 0.6) is 5.88 Å². The maximum Gasteiger partial charge on any atom is 0.258 e. The Labute approximate surface area is 124 Å². The molecule has 2 aromatic heterocycles. The third-order valence-electron chi connectivity index (χ3n) is 2.75. The zero-order chi connectivity index (χ0) is 14.8. The zero-order valence-corrected chi connectivity index (χ0v) is 11.7. The van der Waals surface area contributed by atoms with E-state index in [1.165, 1.54) is 13.4 Å². The fourth-order valence-electron chi connectivity index (χ4n) is 1.69. The van der Waals surface area contributed by atoms with Crippen molar-refractivity contribution < 1.29 is 9.26 Å². The smallest absolute Gasteiger partial charge is 0.258 e. The summed E-state index contributed by atoms with van der Waals surface area (Å²) < 4.78 is 10.2. The van der Waals surface area contributed by atoms with Crippen molar-refractivity contribution in [3.8, 4) is 28.9 Å². The second-order valence-corrected chi connectivity index (χ2v) is 4.51. The van der Waals surface area contributed by atoms with Crippen LogP contribution in [0.2, 0.25) is 5.02 Å². The molecule has 0 atom stereocenters. The summed E-state index contributed by atoms with van der Waals surface area (Å²) in [5, 5.41) is 4.36. The molecule has 0 spiro atoms. The van der Waals surface area contributed by atoms with E-state index in [-0.39, 0.29) is 0 Å². The molecule has 1 aromatic carbocycles. The highest BCUT2D eigenvalue weighted by molar-refractivity contribution is 6.33. The molecule has 0 unspecified atom stereocenters. The van der Waals surface area contributed by atoms with Gasteiger partial charge in [-0.05, 0) is 18.2 Å². The third-order valence-corrected chi connectivity index (χ3v) is 3.09. The highest BCUT2D eigenvalue weighted by Gasteiger charge is 2.13. The minimum atomic E-state index is 0.325. The molecule has 0 aliphatic heterocycles. The molecule has 106 valence electrons. The summed E-state index contributed by atoms with van der Waals surface area (Å²) in [6.07, 6.45) is 1.37. The van der Waals surface area contributed by atoms with Crippen molar-refractivity contribution in [2.45, 2.75) is 0 Å². The van der Waals surface area contributed by atoms with Crippen molar-refractivity contribution in [1.29, 1.82) is 0 Å². The van der Waals surface area contributed by atoms with Crippen LogP contribution >= 0.6 is 11.6 Å². The van der Waals surface area contributed by atoms with E-state index in [1.807, 2.05) is 0 Å². The lowest BCUT2D eigenvalue weighted by Crippen LogP contribution is -1.92. The van der Waals surface area contributed by atoms with Gasteiger partial charge in [0.05, 0.1) is 17.8 Å². The van der Waals surface area contributed by atoms with Crippen LogP contribution in [0.1, 0.15) is 0 Å². The van der Waals surface area contributed by atoms with E-state index in [2.05, 4.69) is 20.1 Å². The molecule has 0 aliphatic rings. The Morgan fingerprint density at radius 3 is 2.86 bits per heavy atom. The van der Waals surface area contributed by atoms with Crippen molar-refractivity contribution in [1.82, 2.24) is 20.1 Å². The van der Waals surface area contributed by atoms with Crippen LogP contribution in [0.4, 0.5) is 5.69 Å². The first-order valence-electron chi connectivity index (χ1n) is 5.93. The fourth-order valence-corrected chi connectivity index (χ4v) is 1.81. The minimum absolute atomic E-state index is 0.325. The molecular weight excluding hydrogens is 294 g/mol. The lowest BCUT2D eigenvalue weighted by molar-refractivity contribution is 0.397. The second kappa shape index (κ2) is 5.37. The maximum atomic E-state index is 5.88. The Morgan fingerprint density at radius 1 is 1.24 bits per heavy atom. The number of hydrogen-bond donors (Lipinski definition) is 1. The molecule has 0 bridgehead atoms. The number of benzene rings is 1. The second-order valence-electron chi connectivity index (χ2n) is 4.11. The van der Waals surface area contributed by atoms with Gasteiger partial charge in [0, 0.05) is 11.6 Å². The summed E-state index contributed by atoms with van der Waals surface area (Å²) in [5.74, 6) is 1.08. The van der Waals surface area contributed by atoms with E-state index >= 15 is 0 Å². The molecular formula is C13H10ClN5O2. The normalized spacial score (nSPS) is 10.6. The molecule has 2 heterocycles. The topological polar surface area (TPSA) is 100.0 Å². The van der Waals surface area contributed by atoms with Gasteiger partial charge in [0.25, 0.3) is 5.89 Å². The van der Waals surface area contributed by atoms with Gasteiger partial charge in [-0.15, -0.1) is 0 Å². The number of rotatable bonds is 3. The minimum Gasteiger partial charge on any atom is -0.481 e. The molecule has 8 heteroatoms. The van der Waals surface area contributed by atoms with Gasteiger partial charge in [-0.25, -0.2) is 9.97 Å². The molecule has 0 fully saturated rings. The van der Waals surface area contributed by atoms with Crippen molar-refractivity contribution in [3.63, 3.8) is 0 Å². The summed E-state index contributed by atoms with van der Waals surface area (Å²) in [6.45, 7) is 0. The van der Waals surface area contributed by atoms with Gasteiger partial charge in [-0.3, -0.25) is 0 Å². The summed E-state index contributed by atoms with van der Waals surface area (Å²) >= 11 is 5.88. The standard InChI is InChI=1S/C13H10ClN5O2/c1-20-11-5-10(16-6-17-11)12-18-13(21-19-12)7-2-3-8(14)9(15)4-7/h2-6H,15H2,1H3. The largest absolute Gasteiger partial charge is 0.481 e. The van der Waals surface area contributed by atoms with Gasteiger partial charge in [-0.1, -0.05) is 16.8 Å². The predicted molar refractivity (Wildman–Crippen MR) is 76.7 cm³/mol. The summed E-state index contributed by atoms with van der Waals surface area (Å²) in [7, 11) is 1.52. The molecule has 21 heavy (non-hydrogen) atoms. The van der Waals surface area contributed by atoms with Gasteiger partial charge < -0.3 is 15.0 Å². The van der Waals surface area contributed by atoms with Crippen molar-refractivity contribution in [3.05, 3.63) is 35.6 Å². The van der Waals surface area contributed by atoms with Gasteiger partial charge in [0.1, 0.15) is 12.0 Å². The fraction of sp³-hybridized carbons (Fsp3) is 0.0769. The number of ether oxygens (including phenoxy) is 1. The van der Waals surface area contributed by atoms with Gasteiger partial charge in [0.15, 0.2) is 0 Å². The zero-order valence-electron chi connectivity index (χ0n) is 10.9. The number of anilines is 1. The van der Waals surface area contributed by atoms with Crippen molar-refractivity contribution in [2.75, 3.05) is 12.8 Å². The first-order valence-corrected chi connectivity index (χ1v) is 6.30. The number of methoxy groups -OCH3 is 1. The van der Waals surface area contributed by atoms with Gasteiger partial charge >= 0.3 is 0 Å². The first kappa shape index (κ1) is 13.3. The lowest BCUT2D eigenvalue weighted by Gasteiger charge is -1.99. The molecule has 0 saturated heterocycles. The molecule has 0 amide bonds. The molecule has 0 aliphatic carbocycles. The quantitative estimate of drug-likeness (QED) is 0.742. The molecule has 3 rings (SSSR count). The number of nitrogen functional groups attached to an aromatic ring is 1. The third kappa shape index (κ3) is 2.63. The number of nitrogens with two attached hydrogens (primary N) is 1. The Balaban J connectivity index is 1.97. The molecule has 2 N–H and O–H groups in total. The lowest BCUT2D eigenvalue weighted by atomic mass is 10.2. The Morgan fingerprint density at radius 2 is 2.10 bits per heavy atom. The Hall–Kier alpha value is -2.67. The van der Waals surface area contributed by atoms with Crippen LogP contribution in [0, 0.1) is 0 Å². The molecule has 7 nitrogen and oxygen atoms in total. The van der Waals surface area contributed by atoms with Crippen LogP contribution in [0.25, 0.3) is 23.0 Å². The average molecular weight is 304 g/mol. The predicted octanol–water partition coefficient (Wildman–Crippen LogP) is 2.44. The van der Waals surface area contributed by atoms with E-state index in [1.54, 1.807) is 24.3 Å².